The molecule has 13 nitrogen and oxygen atoms in total. The second kappa shape index (κ2) is 11.3. The molecule has 6 atom stereocenters. The fourth-order valence-corrected chi connectivity index (χ4v) is 5.45. The number of rotatable bonds is 10. The zero-order chi connectivity index (χ0) is 27.6. The van der Waals surface area contributed by atoms with Crippen molar-refractivity contribution in [2.75, 3.05) is 12.3 Å². The van der Waals surface area contributed by atoms with Gasteiger partial charge in [-0.15, -0.1) is 0 Å². The minimum atomic E-state index is -4.17. The van der Waals surface area contributed by atoms with E-state index in [4.69, 9.17) is 24.3 Å². The Morgan fingerprint density at radius 1 is 1.29 bits per heavy atom. The van der Waals surface area contributed by atoms with Crippen LogP contribution in [-0.2, 0) is 23.4 Å². The second-order valence-electron chi connectivity index (χ2n) is 9.15. The molecule has 0 spiro atoms. The highest BCUT2D eigenvalue weighted by atomic mass is 31.2. The van der Waals surface area contributed by atoms with Crippen molar-refractivity contribution in [1.29, 1.82) is 0 Å². The van der Waals surface area contributed by atoms with Gasteiger partial charge in [-0.1, -0.05) is 25.1 Å². The van der Waals surface area contributed by atoms with Crippen LogP contribution >= 0.6 is 7.75 Å². The van der Waals surface area contributed by atoms with Crippen molar-refractivity contribution >= 4 is 30.7 Å². The Hall–Kier alpha value is -3.16. The Kier molecular flexibility index (Phi) is 8.28. The van der Waals surface area contributed by atoms with Crippen molar-refractivity contribution in [2.45, 2.75) is 58.3 Å². The number of para-hydroxylation sites is 1. The molecule has 3 heterocycles. The SMILES string of the molecule is CC(C)OC(=O)[C@H](C)NP(=O)(OC[C@H]1OC(n2cnc3c(N)nc(F)nc32)C(C)[C@@H]1O)Oc1ccccc1. The van der Waals surface area contributed by atoms with Crippen LogP contribution in [0.15, 0.2) is 36.7 Å². The van der Waals surface area contributed by atoms with E-state index < -0.39 is 50.2 Å². The molecule has 3 unspecified atom stereocenters. The predicted molar refractivity (Wildman–Crippen MR) is 133 cm³/mol. The summed E-state index contributed by atoms with van der Waals surface area (Å²) in [6.07, 6.45) is -2.91. The molecule has 2 aromatic heterocycles. The molecule has 38 heavy (non-hydrogen) atoms. The number of nitrogens with zero attached hydrogens (tertiary/aromatic N) is 4. The lowest BCUT2D eigenvalue weighted by molar-refractivity contribution is -0.149. The molecule has 4 rings (SSSR count). The number of aromatic nitrogens is 4. The fraction of sp³-hybridized carbons (Fsp3) is 0.478. The molecule has 0 saturated carbocycles. The van der Waals surface area contributed by atoms with Gasteiger partial charge in [-0.25, -0.2) is 9.55 Å². The van der Waals surface area contributed by atoms with Crippen LogP contribution in [0.4, 0.5) is 10.2 Å². The number of aliphatic hydroxyl groups excluding tert-OH is 1. The Labute approximate surface area is 218 Å². The molecule has 0 bridgehead atoms. The van der Waals surface area contributed by atoms with E-state index in [-0.39, 0.29) is 35.4 Å². The summed E-state index contributed by atoms with van der Waals surface area (Å²) < 4.78 is 51.4. The third-order valence-corrected chi connectivity index (χ3v) is 7.46. The molecule has 3 aromatic rings. The summed E-state index contributed by atoms with van der Waals surface area (Å²) in [6, 6.07) is 7.23. The summed E-state index contributed by atoms with van der Waals surface area (Å²) in [5, 5.41) is 13.5. The Morgan fingerprint density at radius 3 is 2.68 bits per heavy atom. The van der Waals surface area contributed by atoms with Gasteiger partial charge in [0.25, 0.3) is 0 Å². The van der Waals surface area contributed by atoms with Gasteiger partial charge in [-0.05, 0) is 32.9 Å². The van der Waals surface area contributed by atoms with E-state index in [0.717, 1.165) is 0 Å². The van der Waals surface area contributed by atoms with E-state index in [2.05, 4.69) is 20.0 Å². The Balaban J connectivity index is 1.51. The molecule has 1 aromatic carbocycles. The highest BCUT2D eigenvalue weighted by Gasteiger charge is 2.44. The summed E-state index contributed by atoms with van der Waals surface area (Å²) >= 11 is 0. The number of hydrogen-bond donors (Lipinski definition) is 3. The topological polar surface area (TPSA) is 173 Å². The average Bonchev–Trinajstić information content (AvgIpc) is 3.39. The predicted octanol–water partition coefficient (Wildman–Crippen LogP) is 2.58. The quantitative estimate of drug-likeness (QED) is 0.191. The maximum absolute atomic E-state index is 13.8. The van der Waals surface area contributed by atoms with E-state index in [1.54, 1.807) is 51.1 Å². The van der Waals surface area contributed by atoms with Crippen LogP contribution in [0.3, 0.4) is 0 Å². The molecule has 15 heteroatoms. The number of nitrogens with one attached hydrogen (secondary N) is 1. The minimum Gasteiger partial charge on any atom is -0.462 e. The van der Waals surface area contributed by atoms with Crippen LogP contribution in [0.25, 0.3) is 11.2 Å². The molecule has 1 aliphatic heterocycles. The monoisotopic (exact) mass is 552 g/mol. The lowest BCUT2D eigenvalue weighted by Gasteiger charge is -2.25. The summed E-state index contributed by atoms with van der Waals surface area (Å²) in [4.78, 5) is 23.7. The molecular weight excluding hydrogens is 522 g/mol. The van der Waals surface area contributed by atoms with E-state index in [0.29, 0.717) is 0 Å². The number of fused-ring (bicyclic) bond motifs is 1. The number of nitrogen functional groups attached to an aromatic ring is 1. The number of carbonyl (C=O) groups excluding carboxylic acids is 1. The van der Waals surface area contributed by atoms with Gasteiger partial charge in [-0.3, -0.25) is 13.9 Å². The van der Waals surface area contributed by atoms with Crippen LogP contribution in [0.5, 0.6) is 5.75 Å². The number of esters is 1. The molecule has 4 N–H and O–H groups in total. The maximum Gasteiger partial charge on any atom is 0.459 e. The number of ether oxygens (including phenoxy) is 2. The lowest BCUT2D eigenvalue weighted by Crippen LogP contribution is -2.37. The van der Waals surface area contributed by atoms with Gasteiger partial charge in [0.15, 0.2) is 17.0 Å². The normalized spacial score (nSPS) is 23.9. The Morgan fingerprint density at radius 2 is 2.00 bits per heavy atom. The number of imidazole rings is 1. The van der Waals surface area contributed by atoms with Crippen LogP contribution < -0.4 is 15.3 Å². The van der Waals surface area contributed by atoms with Crippen LogP contribution in [0.1, 0.15) is 33.9 Å². The Bertz CT molecular complexity index is 1330. The number of anilines is 1. The van der Waals surface area contributed by atoms with Crippen molar-refractivity contribution < 1.29 is 37.4 Å². The van der Waals surface area contributed by atoms with Crippen LogP contribution in [0.2, 0.25) is 0 Å². The number of halogens is 1. The first-order chi connectivity index (χ1) is 18.0. The number of hydrogen-bond acceptors (Lipinski definition) is 11. The van der Waals surface area contributed by atoms with Gasteiger partial charge < -0.3 is 24.8 Å². The van der Waals surface area contributed by atoms with Gasteiger partial charge in [0.1, 0.15) is 24.1 Å². The van der Waals surface area contributed by atoms with Crippen molar-refractivity contribution in [3.05, 3.63) is 42.7 Å². The molecule has 0 aliphatic carbocycles. The van der Waals surface area contributed by atoms with E-state index in [1.807, 2.05) is 0 Å². The van der Waals surface area contributed by atoms with E-state index in [9.17, 15) is 18.9 Å². The third kappa shape index (κ3) is 6.11. The van der Waals surface area contributed by atoms with Gasteiger partial charge in [0.2, 0.25) is 0 Å². The first-order valence-electron chi connectivity index (χ1n) is 11.9. The summed E-state index contributed by atoms with van der Waals surface area (Å²) in [5.41, 5.74) is 6.02. The molecule has 0 amide bonds. The average molecular weight is 553 g/mol. The lowest BCUT2D eigenvalue weighted by atomic mass is 10.0. The van der Waals surface area contributed by atoms with Gasteiger partial charge in [0, 0.05) is 5.92 Å². The smallest absolute Gasteiger partial charge is 0.459 e. The molecule has 0 radical (unpaired) electrons. The highest BCUT2D eigenvalue weighted by Crippen LogP contribution is 2.46. The summed E-state index contributed by atoms with van der Waals surface area (Å²) in [7, 11) is -4.17. The molecular formula is C23H30FN6O7P. The van der Waals surface area contributed by atoms with Gasteiger partial charge in [0.05, 0.1) is 25.1 Å². The number of nitrogens with two attached hydrogens (primary N) is 1. The van der Waals surface area contributed by atoms with Crippen molar-refractivity contribution in [2.24, 2.45) is 5.92 Å². The van der Waals surface area contributed by atoms with Gasteiger partial charge in [-0.2, -0.15) is 19.4 Å². The third-order valence-electron chi connectivity index (χ3n) is 5.81. The van der Waals surface area contributed by atoms with Crippen LogP contribution in [-0.4, -0.2) is 61.6 Å². The summed E-state index contributed by atoms with van der Waals surface area (Å²) in [6.45, 7) is 6.18. The summed E-state index contributed by atoms with van der Waals surface area (Å²) in [5.74, 6) is -1.07. The number of carbonyl (C=O) groups is 1. The molecule has 206 valence electrons. The number of benzene rings is 1. The molecule has 1 saturated heterocycles. The zero-order valence-corrected chi connectivity index (χ0v) is 22.1. The van der Waals surface area contributed by atoms with Crippen molar-refractivity contribution in [3.63, 3.8) is 0 Å². The maximum atomic E-state index is 13.8. The van der Waals surface area contributed by atoms with E-state index >= 15 is 0 Å². The molecule has 1 aliphatic rings. The van der Waals surface area contributed by atoms with Crippen LogP contribution in [0, 0.1) is 12.0 Å². The fourth-order valence-electron chi connectivity index (χ4n) is 3.95. The zero-order valence-electron chi connectivity index (χ0n) is 21.2. The van der Waals surface area contributed by atoms with Gasteiger partial charge >= 0.3 is 19.8 Å². The standard InChI is InChI=1S/C23H30FN6O7P/c1-12(2)35-22(32)14(4)29-38(33,37-15-8-6-5-7-9-15)34-10-16-18(31)13(3)21(36-16)30-11-26-17-19(25)27-23(24)28-20(17)30/h5-9,11-14,16,18,21,31H,10H2,1-4H3,(H,29,33)(H2,25,27,28)/t13?,14-,16+,18-,21?,38?/m0/s1. The van der Waals surface area contributed by atoms with E-state index in [1.165, 1.54) is 17.8 Å². The van der Waals surface area contributed by atoms with Crippen molar-refractivity contribution in [3.8, 4) is 5.75 Å². The largest absolute Gasteiger partial charge is 0.462 e. The first kappa shape index (κ1) is 27.9. The molecule has 1 fully saturated rings. The second-order valence-corrected chi connectivity index (χ2v) is 10.8. The first-order valence-corrected chi connectivity index (χ1v) is 13.5. The van der Waals surface area contributed by atoms with Crippen molar-refractivity contribution in [1.82, 2.24) is 24.6 Å². The number of aliphatic hydroxyl groups is 1. The highest BCUT2D eigenvalue weighted by molar-refractivity contribution is 7.52. The minimum absolute atomic E-state index is 0.0952.